The Bertz CT molecular complexity index is 1300. The second-order valence-electron chi connectivity index (χ2n) is 7.82. The molecule has 0 bridgehead atoms. The van der Waals surface area contributed by atoms with Gasteiger partial charge in [-0.3, -0.25) is 9.67 Å². The molecule has 2 atom stereocenters. The molecule has 3 aromatic rings. The van der Waals surface area contributed by atoms with Crippen molar-refractivity contribution in [3.63, 3.8) is 0 Å². The van der Waals surface area contributed by atoms with E-state index >= 15 is 0 Å². The lowest BCUT2D eigenvalue weighted by Gasteiger charge is -2.20. The lowest BCUT2D eigenvalue weighted by Crippen LogP contribution is -2.36. The molecule has 0 aliphatic carbocycles. The van der Waals surface area contributed by atoms with Crippen LogP contribution in [0.2, 0.25) is 5.02 Å². The van der Waals surface area contributed by atoms with E-state index in [0.29, 0.717) is 5.56 Å². The van der Waals surface area contributed by atoms with Gasteiger partial charge in [0.2, 0.25) is 5.03 Å². The SMILES string of the molecule is Cn1cc(S(=O)(=O)N2CC(NCc3ccc(C(F)(F)F)cc3Cl)C(c3ncccc3F)C2)nn1. The average Bonchev–Trinajstić information content (AvgIpc) is 3.40. The maximum absolute atomic E-state index is 14.5. The van der Waals surface area contributed by atoms with Gasteiger partial charge in [0.05, 0.1) is 17.5 Å². The fourth-order valence-corrected chi connectivity index (χ4v) is 5.45. The highest BCUT2D eigenvalue weighted by Gasteiger charge is 2.42. The molecule has 0 amide bonds. The van der Waals surface area contributed by atoms with E-state index in [9.17, 15) is 26.0 Å². The summed E-state index contributed by atoms with van der Waals surface area (Å²) in [7, 11) is -2.49. The van der Waals surface area contributed by atoms with Gasteiger partial charge in [-0.05, 0) is 29.8 Å². The Labute approximate surface area is 197 Å². The summed E-state index contributed by atoms with van der Waals surface area (Å²) in [5.74, 6) is -1.26. The van der Waals surface area contributed by atoms with Gasteiger partial charge >= 0.3 is 6.18 Å². The average molecular weight is 519 g/mol. The number of halogens is 5. The first-order chi connectivity index (χ1) is 16.0. The van der Waals surface area contributed by atoms with E-state index in [1.165, 1.54) is 42.3 Å². The van der Waals surface area contributed by atoms with Crippen LogP contribution in [0.5, 0.6) is 0 Å². The maximum Gasteiger partial charge on any atom is 0.416 e. The number of hydrogen-bond acceptors (Lipinski definition) is 6. The van der Waals surface area contributed by atoms with Gasteiger partial charge in [0.1, 0.15) is 5.82 Å². The zero-order valence-electron chi connectivity index (χ0n) is 17.7. The molecule has 0 spiro atoms. The topological polar surface area (TPSA) is 93.0 Å². The first-order valence-corrected chi connectivity index (χ1v) is 11.8. The van der Waals surface area contributed by atoms with E-state index in [-0.39, 0.29) is 35.4 Å². The highest BCUT2D eigenvalue weighted by atomic mass is 35.5. The first-order valence-electron chi connectivity index (χ1n) is 10.0. The van der Waals surface area contributed by atoms with E-state index in [1.54, 1.807) is 0 Å². The van der Waals surface area contributed by atoms with Gasteiger partial charge in [0.15, 0.2) is 0 Å². The smallest absolute Gasteiger partial charge is 0.308 e. The molecule has 4 rings (SSSR count). The quantitative estimate of drug-likeness (QED) is 0.504. The first kappa shape index (κ1) is 24.5. The van der Waals surface area contributed by atoms with E-state index in [4.69, 9.17) is 11.6 Å². The summed E-state index contributed by atoms with van der Waals surface area (Å²) in [6, 6.07) is 5.04. The molecule has 1 N–H and O–H groups in total. The van der Waals surface area contributed by atoms with E-state index in [2.05, 4.69) is 20.6 Å². The van der Waals surface area contributed by atoms with Crippen molar-refractivity contribution in [1.29, 1.82) is 0 Å². The van der Waals surface area contributed by atoms with Crippen LogP contribution in [0.15, 0.2) is 47.8 Å². The number of nitrogens with one attached hydrogen (secondary N) is 1. The molecule has 0 saturated carbocycles. The molecule has 3 heterocycles. The third-order valence-electron chi connectivity index (χ3n) is 5.55. The number of aryl methyl sites for hydroxylation is 1. The monoisotopic (exact) mass is 518 g/mol. The third-order valence-corrected chi connectivity index (χ3v) is 7.59. The van der Waals surface area contributed by atoms with Crippen LogP contribution in [0.3, 0.4) is 0 Å². The Hall–Kier alpha value is -2.61. The third kappa shape index (κ3) is 4.92. The number of hydrogen-bond donors (Lipinski definition) is 1. The number of nitrogens with zero attached hydrogens (tertiary/aromatic N) is 5. The van der Waals surface area contributed by atoms with Gasteiger partial charge in [0, 0.05) is 49.9 Å². The molecule has 1 aliphatic rings. The van der Waals surface area contributed by atoms with Crippen molar-refractivity contribution in [3.8, 4) is 0 Å². The van der Waals surface area contributed by atoms with Gasteiger partial charge in [-0.25, -0.2) is 12.8 Å². The lowest BCUT2D eigenvalue weighted by molar-refractivity contribution is -0.137. The Morgan fingerprint density at radius 1 is 1.24 bits per heavy atom. The number of benzene rings is 1. The van der Waals surface area contributed by atoms with Gasteiger partial charge in [0.25, 0.3) is 10.0 Å². The molecule has 1 saturated heterocycles. The molecule has 14 heteroatoms. The molecule has 8 nitrogen and oxygen atoms in total. The Morgan fingerprint density at radius 3 is 2.62 bits per heavy atom. The minimum Gasteiger partial charge on any atom is -0.308 e. The van der Waals surface area contributed by atoms with Crippen molar-refractivity contribution in [3.05, 3.63) is 70.4 Å². The zero-order chi connectivity index (χ0) is 24.7. The Kier molecular flexibility index (Phi) is 6.64. The van der Waals surface area contributed by atoms with Crippen molar-refractivity contribution in [2.24, 2.45) is 7.05 Å². The summed E-state index contributed by atoms with van der Waals surface area (Å²) < 4.78 is 81.8. The number of alkyl halides is 3. The van der Waals surface area contributed by atoms with Gasteiger partial charge < -0.3 is 5.32 Å². The molecule has 1 aromatic carbocycles. The van der Waals surface area contributed by atoms with Crippen molar-refractivity contribution >= 4 is 21.6 Å². The molecule has 182 valence electrons. The Morgan fingerprint density at radius 2 is 2.00 bits per heavy atom. The van der Waals surface area contributed by atoms with Crippen molar-refractivity contribution in [2.75, 3.05) is 13.1 Å². The molecule has 1 fully saturated rings. The minimum absolute atomic E-state index is 0.0334. The summed E-state index contributed by atoms with van der Waals surface area (Å²) >= 11 is 6.05. The molecular formula is C20H19ClF4N6O2S. The maximum atomic E-state index is 14.5. The van der Waals surface area contributed by atoms with Crippen molar-refractivity contribution in [1.82, 2.24) is 29.6 Å². The molecule has 2 unspecified atom stereocenters. The van der Waals surface area contributed by atoms with Gasteiger partial charge in [-0.15, -0.1) is 5.10 Å². The molecule has 0 radical (unpaired) electrons. The lowest BCUT2D eigenvalue weighted by atomic mass is 9.98. The summed E-state index contributed by atoms with van der Waals surface area (Å²) in [6.07, 6.45) is -1.87. The Balaban J connectivity index is 1.59. The van der Waals surface area contributed by atoms with Crippen LogP contribution in [0.25, 0.3) is 0 Å². The van der Waals surface area contributed by atoms with Crippen LogP contribution in [0.1, 0.15) is 22.7 Å². The molecule has 34 heavy (non-hydrogen) atoms. The number of pyridine rings is 1. The van der Waals surface area contributed by atoms with Crippen molar-refractivity contribution < 1.29 is 26.0 Å². The fraction of sp³-hybridized carbons (Fsp3) is 0.350. The summed E-state index contributed by atoms with van der Waals surface area (Å²) in [5.41, 5.74) is -0.419. The zero-order valence-corrected chi connectivity index (χ0v) is 19.2. The van der Waals surface area contributed by atoms with Crippen LogP contribution in [-0.2, 0) is 29.8 Å². The van der Waals surface area contributed by atoms with E-state index < -0.39 is 39.5 Å². The summed E-state index contributed by atoms with van der Waals surface area (Å²) in [5, 5.41) is 10.1. The predicted molar refractivity (Wildman–Crippen MR) is 114 cm³/mol. The number of rotatable bonds is 6. The van der Waals surface area contributed by atoms with E-state index in [0.717, 1.165) is 16.4 Å². The molecule has 1 aliphatic heterocycles. The molecular weight excluding hydrogens is 500 g/mol. The molecule has 2 aromatic heterocycles. The van der Waals surface area contributed by atoms with Crippen LogP contribution in [0.4, 0.5) is 17.6 Å². The highest BCUT2D eigenvalue weighted by molar-refractivity contribution is 7.89. The van der Waals surface area contributed by atoms with Crippen molar-refractivity contribution in [2.45, 2.75) is 29.7 Å². The highest BCUT2D eigenvalue weighted by Crippen LogP contribution is 2.34. The predicted octanol–water partition coefficient (Wildman–Crippen LogP) is 2.97. The summed E-state index contributed by atoms with van der Waals surface area (Å²) in [4.78, 5) is 4.10. The van der Waals surface area contributed by atoms with Crippen LogP contribution >= 0.6 is 11.6 Å². The fourth-order valence-electron chi connectivity index (χ4n) is 3.80. The normalized spacial score (nSPS) is 19.6. The van der Waals surface area contributed by atoms with Crippen LogP contribution in [-0.4, -0.2) is 51.8 Å². The van der Waals surface area contributed by atoms with Gasteiger partial charge in [-0.1, -0.05) is 22.9 Å². The number of sulfonamides is 1. The van der Waals surface area contributed by atoms with E-state index in [1.807, 2.05) is 0 Å². The second-order valence-corrected chi connectivity index (χ2v) is 10.1. The number of aromatic nitrogens is 4. The van der Waals surface area contributed by atoms with Gasteiger partial charge in [-0.2, -0.15) is 17.5 Å². The summed E-state index contributed by atoms with van der Waals surface area (Å²) in [6.45, 7) is -0.0886. The van der Waals surface area contributed by atoms with Crippen LogP contribution in [0, 0.1) is 5.82 Å². The minimum atomic E-state index is -4.53. The second kappa shape index (κ2) is 9.21. The van der Waals surface area contributed by atoms with Crippen LogP contribution < -0.4 is 5.32 Å². The standard InChI is InChI=1S/C20H19ClF4N6O2S/c1-30-11-18(28-29-30)34(32,33)31-9-14(19-16(22)3-2-6-26-19)17(10-31)27-8-12-4-5-13(7-15(12)21)20(23,24)25/h2-7,11,14,17,27H,8-10H2,1H3. The largest absolute Gasteiger partial charge is 0.416 e.